The second-order valence-corrected chi connectivity index (χ2v) is 6.19. The first kappa shape index (κ1) is 12.9. The van der Waals surface area contributed by atoms with Gasteiger partial charge >= 0.3 is 0 Å². The topological polar surface area (TPSA) is 28.7 Å². The largest absolute Gasteiger partial charge is 0.285 e. The van der Waals surface area contributed by atoms with Crippen LogP contribution in [0.4, 0.5) is 0 Å². The van der Waals surface area contributed by atoms with Crippen LogP contribution >= 0.6 is 0 Å². The number of H-pyrrole nitrogens is 1. The van der Waals surface area contributed by atoms with Gasteiger partial charge in [-0.05, 0) is 28.0 Å². The zero-order valence-corrected chi connectivity index (χ0v) is 11.9. The van der Waals surface area contributed by atoms with Crippen LogP contribution < -0.4 is 0 Å². The molecule has 0 bridgehead atoms. The Balaban J connectivity index is 2.59. The summed E-state index contributed by atoms with van der Waals surface area (Å²) < 4.78 is 0. The third-order valence-corrected chi connectivity index (χ3v) is 3.35. The fourth-order valence-corrected chi connectivity index (χ4v) is 2.17. The van der Waals surface area contributed by atoms with Gasteiger partial charge in [0.05, 0.1) is 6.20 Å². The minimum atomic E-state index is 0.175. The van der Waals surface area contributed by atoms with Crippen LogP contribution in [0.1, 0.15) is 51.7 Å². The minimum Gasteiger partial charge on any atom is -0.285 e. The van der Waals surface area contributed by atoms with Gasteiger partial charge in [0.2, 0.25) is 0 Å². The molecule has 0 radical (unpaired) electrons. The lowest BCUT2D eigenvalue weighted by molar-refractivity contribution is 0.590. The van der Waals surface area contributed by atoms with Crippen LogP contribution in [0.15, 0.2) is 30.6 Å². The molecule has 0 aliphatic carbocycles. The number of benzene rings is 1. The first-order valence-corrected chi connectivity index (χ1v) is 6.53. The monoisotopic (exact) mass is 242 g/mol. The molecule has 18 heavy (non-hydrogen) atoms. The Kier molecular flexibility index (Phi) is 3.29. The van der Waals surface area contributed by atoms with Gasteiger partial charge in [-0.1, -0.05) is 52.8 Å². The number of nitrogens with zero attached hydrogens (tertiary/aromatic N) is 1. The van der Waals surface area contributed by atoms with Crippen LogP contribution in [0.3, 0.4) is 0 Å². The average molecular weight is 242 g/mol. The molecule has 1 heterocycles. The lowest BCUT2D eigenvalue weighted by Crippen LogP contribution is -2.11. The van der Waals surface area contributed by atoms with Gasteiger partial charge in [0.25, 0.3) is 0 Å². The minimum absolute atomic E-state index is 0.175. The molecular formula is C16H22N2. The van der Waals surface area contributed by atoms with Gasteiger partial charge in [0.15, 0.2) is 0 Å². The summed E-state index contributed by atoms with van der Waals surface area (Å²) >= 11 is 0. The number of aromatic nitrogens is 2. The number of hydrogen-bond donors (Lipinski definition) is 1. The van der Waals surface area contributed by atoms with Crippen molar-refractivity contribution < 1.29 is 0 Å². The van der Waals surface area contributed by atoms with E-state index in [1.54, 1.807) is 0 Å². The summed E-state index contributed by atoms with van der Waals surface area (Å²) in [6.07, 6.45) is 3.86. The zero-order valence-electron chi connectivity index (χ0n) is 11.9. The lowest BCUT2D eigenvalue weighted by Gasteiger charge is -2.22. The average Bonchev–Trinajstić information content (AvgIpc) is 2.80. The van der Waals surface area contributed by atoms with E-state index < -0.39 is 0 Å². The fourth-order valence-electron chi connectivity index (χ4n) is 2.17. The molecule has 1 aromatic carbocycles. The van der Waals surface area contributed by atoms with Gasteiger partial charge in [-0.2, -0.15) is 5.10 Å². The standard InChI is InChI=1S/C16H22N2/c1-11(2)14-7-6-13(16(3,4)5)8-15(14)12-9-17-18-10-12/h6-11H,1-5H3,(H,17,18). The molecule has 2 rings (SSSR count). The molecule has 0 fully saturated rings. The van der Waals surface area contributed by atoms with Crippen LogP contribution in [0.25, 0.3) is 11.1 Å². The van der Waals surface area contributed by atoms with Crippen molar-refractivity contribution in [3.63, 3.8) is 0 Å². The Labute approximate surface area is 109 Å². The van der Waals surface area contributed by atoms with Crippen LogP contribution in [0.2, 0.25) is 0 Å². The highest BCUT2D eigenvalue weighted by Gasteiger charge is 2.17. The summed E-state index contributed by atoms with van der Waals surface area (Å²) in [4.78, 5) is 0. The molecule has 2 heteroatoms. The van der Waals surface area contributed by atoms with Crippen LogP contribution in [-0.4, -0.2) is 10.2 Å². The van der Waals surface area contributed by atoms with Gasteiger partial charge in [0.1, 0.15) is 0 Å². The maximum Gasteiger partial charge on any atom is 0.0565 e. The maximum atomic E-state index is 4.07. The van der Waals surface area contributed by atoms with Gasteiger partial charge in [-0.15, -0.1) is 0 Å². The van der Waals surface area contributed by atoms with Gasteiger partial charge in [0, 0.05) is 11.8 Å². The molecular weight excluding hydrogens is 220 g/mol. The van der Waals surface area contributed by atoms with Crippen molar-refractivity contribution in [2.45, 2.75) is 46.0 Å². The van der Waals surface area contributed by atoms with Crippen molar-refractivity contribution in [1.29, 1.82) is 0 Å². The van der Waals surface area contributed by atoms with E-state index >= 15 is 0 Å². The van der Waals surface area contributed by atoms with E-state index in [0.717, 1.165) is 0 Å². The van der Waals surface area contributed by atoms with Crippen molar-refractivity contribution in [3.05, 3.63) is 41.7 Å². The second kappa shape index (κ2) is 4.60. The van der Waals surface area contributed by atoms with Crippen molar-refractivity contribution in [2.75, 3.05) is 0 Å². The molecule has 0 atom stereocenters. The molecule has 2 nitrogen and oxygen atoms in total. The summed E-state index contributed by atoms with van der Waals surface area (Å²) in [6.45, 7) is 11.2. The van der Waals surface area contributed by atoms with Crippen LogP contribution in [0, 0.1) is 0 Å². The molecule has 96 valence electrons. The van der Waals surface area contributed by atoms with Crippen molar-refractivity contribution in [2.24, 2.45) is 0 Å². The van der Waals surface area contributed by atoms with E-state index in [1.165, 1.54) is 22.3 Å². The third kappa shape index (κ3) is 2.47. The number of hydrogen-bond acceptors (Lipinski definition) is 1. The van der Waals surface area contributed by atoms with E-state index in [9.17, 15) is 0 Å². The number of rotatable bonds is 2. The van der Waals surface area contributed by atoms with Crippen molar-refractivity contribution in [1.82, 2.24) is 10.2 Å². The lowest BCUT2D eigenvalue weighted by atomic mass is 9.83. The maximum absolute atomic E-state index is 4.07. The first-order valence-electron chi connectivity index (χ1n) is 6.53. The molecule has 0 amide bonds. The van der Waals surface area contributed by atoms with Crippen LogP contribution in [-0.2, 0) is 5.41 Å². The Morgan fingerprint density at radius 1 is 1.17 bits per heavy atom. The molecule has 0 spiro atoms. The fraction of sp³-hybridized carbons (Fsp3) is 0.438. The molecule has 1 N–H and O–H groups in total. The Hall–Kier alpha value is -1.57. The molecule has 0 aliphatic heterocycles. The molecule has 0 saturated carbocycles. The molecule has 0 saturated heterocycles. The van der Waals surface area contributed by atoms with E-state index in [4.69, 9.17) is 0 Å². The predicted octanol–water partition coefficient (Wildman–Crippen LogP) is 4.50. The van der Waals surface area contributed by atoms with E-state index in [0.29, 0.717) is 5.92 Å². The predicted molar refractivity (Wildman–Crippen MR) is 76.8 cm³/mol. The molecule has 1 aromatic heterocycles. The van der Waals surface area contributed by atoms with Crippen molar-refractivity contribution >= 4 is 0 Å². The van der Waals surface area contributed by atoms with Gasteiger partial charge < -0.3 is 0 Å². The summed E-state index contributed by atoms with van der Waals surface area (Å²) in [7, 11) is 0. The summed E-state index contributed by atoms with van der Waals surface area (Å²) in [5.74, 6) is 0.518. The molecule has 0 unspecified atom stereocenters. The van der Waals surface area contributed by atoms with Gasteiger partial charge in [-0.3, -0.25) is 5.10 Å². The third-order valence-electron chi connectivity index (χ3n) is 3.35. The van der Waals surface area contributed by atoms with Crippen molar-refractivity contribution in [3.8, 4) is 11.1 Å². The summed E-state index contributed by atoms with van der Waals surface area (Å²) in [5.41, 5.74) is 5.39. The Bertz CT molecular complexity index is 517. The highest BCUT2D eigenvalue weighted by molar-refractivity contribution is 5.68. The quantitative estimate of drug-likeness (QED) is 0.825. The zero-order chi connectivity index (χ0) is 13.3. The second-order valence-electron chi connectivity index (χ2n) is 6.19. The van der Waals surface area contributed by atoms with Crippen LogP contribution in [0.5, 0.6) is 0 Å². The Morgan fingerprint density at radius 3 is 2.39 bits per heavy atom. The molecule has 2 aromatic rings. The number of nitrogens with one attached hydrogen (secondary N) is 1. The smallest absolute Gasteiger partial charge is 0.0565 e. The first-order chi connectivity index (χ1) is 8.39. The normalized spacial score (nSPS) is 12.1. The highest BCUT2D eigenvalue weighted by Crippen LogP contribution is 2.33. The van der Waals surface area contributed by atoms with E-state index in [2.05, 4.69) is 63.0 Å². The van der Waals surface area contributed by atoms with E-state index in [-0.39, 0.29) is 5.41 Å². The number of aromatic amines is 1. The molecule has 0 aliphatic rings. The highest BCUT2D eigenvalue weighted by atomic mass is 15.1. The summed E-state index contributed by atoms with van der Waals surface area (Å²) in [5, 5.41) is 6.97. The van der Waals surface area contributed by atoms with Gasteiger partial charge in [-0.25, -0.2) is 0 Å². The Morgan fingerprint density at radius 2 is 1.89 bits per heavy atom. The summed E-state index contributed by atoms with van der Waals surface area (Å²) in [6, 6.07) is 6.81. The SMILES string of the molecule is CC(C)c1ccc(C(C)(C)C)cc1-c1cn[nH]c1. The van der Waals surface area contributed by atoms with E-state index in [1.807, 2.05) is 12.4 Å².